The minimum atomic E-state index is -0.258. The van der Waals surface area contributed by atoms with Crippen LogP contribution in [-0.4, -0.2) is 23.7 Å². The minimum Gasteiger partial charge on any atom is -0.394 e. The Hall–Kier alpha value is -1.42. The summed E-state index contributed by atoms with van der Waals surface area (Å²) in [6.45, 7) is 6.21. The molecule has 1 aromatic rings. The van der Waals surface area contributed by atoms with Crippen molar-refractivity contribution in [3.8, 4) is 0 Å². The Labute approximate surface area is 125 Å². The summed E-state index contributed by atoms with van der Waals surface area (Å²) >= 11 is 0. The zero-order chi connectivity index (χ0) is 15.6. The molecule has 1 fully saturated rings. The van der Waals surface area contributed by atoms with Crippen LogP contribution in [0, 0.1) is 17.2 Å². The van der Waals surface area contributed by atoms with Gasteiger partial charge in [-0.1, -0.05) is 32.9 Å². The lowest BCUT2D eigenvalue weighted by Gasteiger charge is -2.25. The van der Waals surface area contributed by atoms with Crippen LogP contribution in [0.4, 0.5) is 4.39 Å². The number of halogens is 1. The number of benzene rings is 1. The topological polar surface area (TPSA) is 49.3 Å². The number of rotatable bonds is 5. The first-order chi connectivity index (χ1) is 9.80. The molecule has 1 aromatic carbocycles. The SMILES string of the molecule is CC(C)(C)CC(CO)NC(=O)C1CC1c1ccc(F)cc1. The summed E-state index contributed by atoms with van der Waals surface area (Å²) in [6.07, 6.45) is 1.54. The van der Waals surface area contributed by atoms with E-state index >= 15 is 0 Å². The molecule has 0 saturated heterocycles. The van der Waals surface area contributed by atoms with E-state index in [-0.39, 0.29) is 41.6 Å². The van der Waals surface area contributed by atoms with Crippen molar-refractivity contribution in [1.82, 2.24) is 5.32 Å². The Morgan fingerprint density at radius 1 is 1.38 bits per heavy atom. The molecule has 0 heterocycles. The lowest BCUT2D eigenvalue weighted by Crippen LogP contribution is -2.41. The van der Waals surface area contributed by atoms with Gasteiger partial charge in [0.1, 0.15) is 5.82 Å². The summed E-state index contributed by atoms with van der Waals surface area (Å²) in [5, 5.41) is 12.3. The molecule has 3 atom stereocenters. The van der Waals surface area contributed by atoms with Crippen LogP contribution in [0.3, 0.4) is 0 Å². The lowest BCUT2D eigenvalue weighted by atomic mass is 9.88. The molecule has 1 amide bonds. The number of carbonyl (C=O) groups excluding carboxylic acids is 1. The summed E-state index contributed by atoms with van der Waals surface area (Å²) in [5.74, 6) is -0.136. The molecule has 2 rings (SSSR count). The Kier molecular flexibility index (Phi) is 4.67. The lowest BCUT2D eigenvalue weighted by molar-refractivity contribution is -0.123. The Morgan fingerprint density at radius 2 is 2.00 bits per heavy atom. The van der Waals surface area contributed by atoms with Crippen LogP contribution in [-0.2, 0) is 4.79 Å². The zero-order valence-electron chi connectivity index (χ0n) is 12.9. The van der Waals surface area contributed by atoms with Crippen molar-refractivity contribution in [3.63, 3.8) is 0 Å². The van der Waals surface area contributed by atoms with Gasteiger partial charge in [-0.2, -0.15) is 0 Å². The maximum atomic E-state index is 12.9. The van der Waals surface area contributed by atoms with E-state index < -0.39 is 0 Å². The molecular formula is C17H24FNO2. The summed E-state index contributed by atoms with van der Waals surface area (Å²) in [4.78, 5) is 12.2. The van der Waals surface area contributed by atoms with Gasteiger partial charge in [0.25, 0.3) is 0 Å². The summed E-state index contributed by atoms with van der Waals surface area (Å²) < 4.78 is 12.9. The highest BCUT2D eigenvalue weighted by Gasteiger charge is 2.44. The Balaban J connectivity index is 1.89. The van der Waals surface area contributed by atoms with Gasteiger partial charge in [0.05, 0.1) is 12.6 Å². The van der Waals surface area contributed by atoms with E-state index in [1.54, 1.807) is 12.1 Å². The first-order valence-electron chi connectivity index (χ1n) is 7.47. The van der Waals surface area contributed by atoms with Gasteiger partial charge >= 0.3 is 0 Å². The third-order valence-corrected chi connectivity index (χ3v) is 3.85. The monoisotopic (exact) mass is 293 g/mol. The maximum Gasteiger partial charge on any atom is 0.224 e. The molecule has 2 N–H and O–H groups in total. The molecule has 1 aliphatic rings. The Bertz CT molecular complexity index is 493. The van der Waals surface area contributed by atoms with Crippen molar-refractivity contribution in [2.75, 3.05) is 6.61 Å². The summed E-state index contributed by atoms with van der Waals surface area (Å²) in [6, 6.07) is 6.14. The highest BCUT2D eigenvalue weighted by molar-refractivity contribution is 5.83. The predicted octanol–water partition coefficient (Wildman–Crippen LogP) is 2.84. The van der Waals surface area contributed by atoms with Gasteiger partial charge in [-0.25, -0.2) is 4.39 Å². The fraction of sp³-hybridized carbons (Fsp3) is 0.588. The van der Waals surface area contributed by atoms with Gasteiger partial charge in [0.15, 0.2) is 0 Å². The quantitative estimate of drug-likeness (QED) is 0.877. The van der Waals surface area contributed by atoms with Crippen molar-refractivity contribution >= 4 is 5.91 Å². The molecule has 1 aliphatic carbocycles. The van der Waals surface area contributed by atoms with Gasteiger partial charge in [-0.3, -0.25) is 4.79 Å². The van der Waals surface area contributed by atoms with Gasteiger partial charge in [0, 0.05) is 5.92 Å². The van der Waals surface area contributed by atoms with E-state index in [1.807, 2.05) is 0 Å². The number of nitrogens with one attached hydrogen (secondary N) is 1. The number of carbonyl (C=O) groups is 1. The number of aliphatic hydroxyl groups excluding tert-OH is 1. The fourth-order valence-corrected chi connectivity index (χ4v) is 2.77. The molecule has 1 saturated carbocycles. The number of hydrogen-bond acceptors (Lipinski definition) is 2. The fourth-order valence-electron chi connectivity index (χ4n) is 2.77. The Morgan fingerprint density at radius 3 is 2.52 bits per heavy atom. The van der Waals surface area contributed by atoms with Gasteiger partial charge in [-0.05, 0) is 41.9 Å². The molecule has 0 bridgehead atoms. The van der Waals surface area contributed by atoms with Crippen LogP contribution in [0.5, 0.6) is 0 Å². The van der Waals surface area contributed by atoms with E-state index in [2.05, 4.69) is 26.1 Å². The average molecular weight is 293 g/mol. The van der Waals surface area contributed by atoms with Crippen molar-refractivity contribution < 1.29 is 14.3 Å². The second-order valence-corrected chi connectivity index (χ2v) is 7.15. The van der Waals surface area contributed by atoms with Crippen LogP contribution in [0.25, 0.3) is 0 Å². The molecule has 0 radical (unpaired) electrons. The average Bonchev–Trinajstić information content (AvgIpc) is 3.17. The number of hydrogen-bond donors (Lipinski definition) is 2. The number of amides is 1. The smallest absolute Gasteiger partial charge is 0.224 e. The largest absolute Gasteiger partial charge is 0.394 e. The molecule has 0 aliphatic heterocycles. The van der Waals surface area contributed by atoms with E-state index in [0.717, 1.165) is 18.4 Å². The molecule has 4 heteroatoms. The van der Waals surface area contributed by atoms with Crippen molar-refractivity contribution in [2.24, 2.45) is 11.3 Å². The van der Waals surface area contributed by atoms with Gasteiger partial charge in [-0.15, -0.1) is 0 Å². The molecule has 21 heavy (non-hydrogen) atoms. The van der Waals surface area contributed by atoms with E-state index in [0.29, 0.717) is 0 Å². The van der Waals surface area contributed by atoms with Crippen LogP contribution in [0.15, 0.2) is 24.3 Å². The normalized spacial score (nSPS) is 22.7. The number of aliphatic hydroxyl groups is 1. The highest BCUT2D eigenvalue weighted by atomic mass is 19.1. The van der Waals surface area contributed by atoms with Crippen LogP contribution in [0.2, 0.25) is 0 Å². The second kappa shape index (κ2) is 6.14. The van der Waals surface area contributed by atoms with Crippen LogP contribution >= 0.6 is 0 Å². The van der Waals surface area contributed by atoms with E-state index in [1.165, 1.54) is 12.1 Å². The summed E-state index contributed by atoms with van der Waals surface area (Å²) in [5.41, 5.74) is 1.06. The van der Waals surface area contributed by atoms with Crippen molar-refractivity contribution in [3.05, 3.63) is 35.6 Å². The van der Waals surface area contributed by atoms with Gasteiger partial charge in [0.2, 0.25) is 5.91 Å². The van der Waals surface area contributed by atoms with Crippen LogP contribution < -0.4 is 5.32 Å². The molecule has 3 nitrogen and oxygen atoms in total. The molecular weight excluding hydrogens is 269 g/mol. The molecule has 0 spiro atoms. The highest BCUT2D eigenvalue weighted by Crippen LogP contribution is 2.47. The predicted molar refractivity (Wildman–Crippen MR) is 80.3 cm³/mol. The standard InChI is InChI=1S/C17H24FNO2/c1-17(2,3)9-13(10-20)19-16(21)15-8-14(15)11-4-6-12(18)7-5-11/h4-7,13-15,20H,8-10H2,1-3H3,(H,19,21). The summed E-state index contributed by atoms with van der Waals surface area (Å²) in [7, 11) is 0. The van der Waals surface area contributed by atoms with E-state index in [4.69, 9.17) is 0 Å². The molecule has 3 unspecified atom stereocenters. The van der Waals surface area contributed by atoms with Crippen LogP contribution in [0.1, 0.15) is 45.1 Å². The second-order valence-electron chi connectivity index (χ2n) is 7.15. The molecule has 0 aromatic heterocycles. The first kappa shape index (κ1) is 16.0. The van der Waals surface area contributed by atoms with Crippen molar-refractivity contribution in [1.29, 1.82) is 0 Å². The maximum absolute atomic E-state index is 12.9. The van der Waals surface area contributed by atoms with Crippen molar-refractivity contribution in [2.45, 2.75) is 45.6 Å². The van der Waals surface area contributed by atoms with E-state index in [9.17, 15) is 14.3 Å². The van der Waals surface area contributed by atoms with Gasteiger partial charge < -0.3 is 10.4 Å². The zero-order valence-corrected chi connectivity index (χ0v) is 12.9. The minimum absolute atomic E-state index is 0.00683. The first-order valence-corrected chi connectivity index (χ1v) is 7.47. The molecule has 116 valence electrons. The third-order valence-electron chi connectivity index (χ3n) is 3.85. The third kappa shape index (κ3) is 4.53.